The number of rotatable bonds is 7. The Morgan fingerprint density at radius 2 is 1.93 bits per heavy atom. The van der Waals surface area contributed by atoms with E-state index in [1.165, 1.54) is 0 Å². The maximum absolute atomic E-state index is 12.4. The summed E-state index contributed by atoms with van der Waals surface area (Å²) in [4.78, 5) is 27.6. The molecule has 0 radical (unpaired) electrons. The molecular formula is C20H20BN3O4S. The van der Waals surface area contributed by atoms with E-state index in [2.05, 4.69) is 10.3 Å². The molecule has 0 aliphatic carbocycles. The SMILES string of the molecule is O=C(CCn1c(=O)sc2ccccc21)N[C@@H](Cc1c[nH]c2ccccc12)B(O)O. The minimum atomic E-state index is -1.70. The molecule has 148 valence electrons. The lowest BCUT2D eigenvalue weighted by Gasteiger charge is -2.17. The number of aryl methyl sites for hydroxylation is 1. The van der Waals surface area contributed by atoms with Crippen LogP contribution in [0.3, 0.4) is 0 Å². The lowest BCUT2D eigenvalue weighted by atomic mass is 9.76. The second kappa shape index (κ2) is 8.24. The van der Waals surface area contributed by atoms with Gasteiger partial charge in [-0.25, -0.2) is 0 Å². The van der Waals surface area contributed by atoms with Crippen molar-refractivity contribution < 1.29 is 14.8 Å². The Balaban J connectivity index is 1.44. The zero-order chi connectivity index (χ0) is 20.4. The first-order chi connectivity index (χ1) is 14.0. The zero-order valence-corrected chi connectivity index (χ0v) is 16.4. The van der Waals surface area contributed by atoms with Crippen molar-refractivity contribution in [1.29, 1.82) is 0 Å². The van der Waals surface area contributed by atoms with Crippen LogP contribution in [0.4, 0.5) is 0 Å². The topological polar surface area (TPSA) is 107 Å². The standard InChI is InChI=1S/C20H20BN3O4S/c25-19(9-10-24-16-7-3-4-8-17(16)29-20(24)26)23-18(21(27)28)11-13-12-22-15-6-2-1-5-14(13)15/h1-8,12,18,22,27-28H,9-11H2,(H,23,25)/t18-/m0/s1. The molecule has 2 aromatic heterocycles. The van der Waals surface area contributed by atoms with Crippen molar-refractivity contribution in [3.05, 3.63) is 70.0 Å². The molecule has 2 aromatic carbocycles. The summed E-state index contributed by atoms with van der Waals surface area (Å²) in [5.41, 5.74) is 2.63. The van der Waals surface area contributed by atoms with Gasteiger partial charge in [0.1, 0.15) is 0 Å². The van der Waals surface area contributed by atoms with Crippen molar-refractivity contribution in [2.75, 3.05) is 0 Å². The van der Waals surface area contributed by atoms with E-state index in [-0.39, 0.29) is 30.2 Å². The number of carbonyl (C=O) groups excluding carboxylic acids is 1. The highest BCUT2D eigenvalue weighted by molar-refractivity contribution is 7.16. The van der Waals surface area contributed by atoms with E-state index in [0.717, 1.165) is 38.0 Å². The summed E-state index contributed by atoms with van der Waals surface area (Å²) in [7, 11) is -1.70. The molecule has 0 unspecified atom stereocenters. The summed E-state index contributed by atoms with van der Waals surface area (Å²) >= 11 is 1.15. The van der Waals surface area contributed by atoms with Crippen molar-refractivity contribution in [2.24, 2.45) is 0 Å². The first kappa shape index (κ1) is 19.4. The summed E-state index contributed by atoms with van der Waals surface area (Å²) in [6, 6.07) is 15.1. The number of benzene rings is 2. The van der Waals surface area contributed by atoms with E-state index >= 15 is 0 Å². The highest BCUT2D eigenvalue weighted by Gasteiger charge is 2.26. The molecule has 1 atom stereocenters. The molecule has 0 aliphatic rings. The van der Waals surface area contributed by atoms with Gasteiger partial charge in [0.15, 0.2) is 0 Å². The molecule has 9 heteroatoms. The van der Waals surface area contributed by atoms with Gasteiger partial charge in [-0.05, 0) is 30.2 Å². The quantitative estimate of drug-likeness (QED) is 0.349. The van der Waals surface area contributed by atoms with Crippen molar-refractivity contribution in [3.8, 4) is 0 Å². The fourth-order valence-corrected chi connectivity index (χ4v) is 4.40. The lowest BCUT2D eigenvalue weighted by molar-refractivity contribution is -0.121. The number of amides is 1. The first-order valence-corrected chi connectivity index (χ1v) is 10.1. The Morgan fingerprint density at radius 3 is 2.76 bits per heavy atom. The molecule has 7 nitrogen and oxygen atoms in total. The second-order valence-corrected chi connectivity index (χ2v) is 7.88. The Kier molecular flexibility index (Phi) is 5.52. The van der Waals surface area contributed by atoms with Crippen LogP contribution in [0.1, 0.15) is 12.0 Å². The van der Waals surface area contributed by atoms with Crippen LogP contribution in [-0.2, 0) is 17.8 Å². The van der Waals surface area contributed by atoms with E-state index < -0.39 is 13.1 Å². The number of aromatic amines is 1. The summed E-state index contributed by atoms with van der Waals surface area (Å²) in [5, 5.41) is 23.2. The molecule has 2 heterocycles. The van der Waals surface area contributed by atoms with Crippen LogP contribution < -0.4 is 10.2 Å². The lowest BCUT2D eigenvalue weighted by Crippen LogP contribution is -2.48. The molecule has 0 aliphatic heterocycles. The Labute approximate surface area is 170 Å². The van der Waals surface area contributed by atoms with Crippen LogP contribution in [0.2, 0.25) is 0 Å². The number of hydrogen-bond donors (Lipinski definition) is 4. The van der Waals surface area contributed by atoms with Gasteiger partial charge in [0, 0.05) is 30.1 Å². The number of H-pyrrole nitrogens is 1. The fourth-order valence-electron chi connectivity index (χ4n) is 3.49. The van der Waals surface area contributed by atoms with Crippen molar-refractivity contribution >= 4 is 45.5 Å². The maximum atomic E-state index is 12.4. The predicted molar refractivity (Wildman–Crippen MR) is 115 cm³/mol. The third-order valence-electron chi connectivity index (χ3n) is 4.96. The van der Waals surface area contributed by atoms with E-state index in [1.807, 2.05) is 54.7 Å². The first-order valence-electron chi connectivity index (χ1n) is 9.32. The number of thiazole rings is 1. The highest BCUT2D eigenvalue weighted by Crippen LogP contribution is 2.20. The van der Waals surface area contributed by atoms with E-state index in [4.69, 9.17) is 0 Å². The number of nitrogens with one attached hydrogen (secondary N) is 2. The Bertz CT molecular complexity index is 1210. The Hall–Kier alpha value is -2.88. The van der Waals surface area contributed by atoms with Gasteiger partial charge in [-0.1, -0.05) is 41.7 Å². The number of nitrogens with zero attached hydrogens (tertiary/aromatic N) is 1. The average molecular weight is 409 g/mol. The van der Waals surface area contributed by atoms with Crippen LogP contribution in [0, 0.1) is 0 Å². The number of para-hydroxylation sites is 2. The number of fused-ring (bicyclic) bond motifs is 2. The zero-order valence-electron chi connectivity index (χ0n) is 15.5. The third kappa shape index (κ3) is 4.12. The molecular weight excluding hydrogens is 389 g/mol. The van der Waals surface area contributed by atoms with E-state index in [9.17, 15) is 19.6 Å². The number of aromatic nitrogens is 2. The highest BCUT2D eigenvalue weighted by atomic mass is 32.1. The molecule has 0 saturated heterocycles. The number of hydrogen-bond acceptors (Lipinski definition) is 5. The molecule has 4 N–H and O–H groups in total. The Morgan fingerprint density at radius 1 is 1.17 bits per heavy atom. The van der Waals surface area contributed by atoms with Crippen LogP contribution in [0.25, 0.3) is 21.1 Å². The van der Waals surface area contributed by atoms with Crippen LogP contribution in [-0.4, -0.2) is 38.6 Å². The fraction of sp³-hybridized carbons (Fsp3) is 0.200. The van der Waals surface area contributed by atoms with Gasteiger partial charge in [-0.15, -0.1) is 0 Å². The van der Waals surface area contributed by atoms with Gasteiger partial charge in [-0.2, -0.15) is 0 Å². The van der Waals surface area contributed by atoms with Crippen molar-refractivity contribution in [2.45, 2.75) is 25.3 Å². The molecule has 0 fully saturated rings. The van der Waals surface area contributed by atoms with Crippen molar-refractivity contribution in [1.82, 2.24) is 14.9 Å². The average Bonchev–Trinajstić information content (AvgIpc) is 3.26. The van der Waals surface area contributed by atoms with Gasteiger partial charge in [-0.3, -0.25) is 14.2 Å². The minimum absolute atomic E-state index is 0.0672. The maximum Gasteiger partial charge on any atom is 0.475 e. The molecule has 0 spiro atoms. The molecule has 4 rings (SSSR count). The largest absolute Gasteiger partial charge is 0.475 e. The van der Waals surface area contributed by atoms with Gasteiger partial charge in [0.2, 0.25) is 5.91 Å². The van der Waals surface area contributed by atoms with Gasteiger partial charge >= 0.3 is 12.0 Å². The predicted octanol–water partition coefficient (Wildman–Crippen LogP) is 1.67. The van der Waals surface area contributed by atoms with Gasteiger partial charge in [0.25, 0.3) is 0 Å². The third-order valence-corrected chi connectivity index (χ3v) is 5.92. The molecule has 4 aromatic rings. The molecule has 0 bridgehead atoms. The van der Waals surface area contributed by atoms with Crippen molar-refractivity contribution in [3.63, 3.8) is 0 Å². The second-order valence-electron chi connectivity index (χ2n) is 6.89. The van der Waals surface area contributed by atoms with E-state index in [0.29, 0.717) is 0 Å². The summed E-state index contributed by atoms with van der Waals surface area (Å²) in [5.74, 6) is -1.19. The van der Waals surface area contributed by atoms with Gasteiger partial charge in [0.05, 0.1) is 16.2 Å². The molecule has 1 amide bonds. The van der Waals surface area contributed by atoms with Crippen LogP contribution in [0.15, 0.2) is 59.5 Å². The van der Waals surface area contributed by atoms with Crippen LogP contribution in [0.5, 0.6) is 0 Å². The van der Waals surface area contributed by atoms with E-state index in [1.54, 1.807) is 4.57 Å². The summed E-state index contributed by atoms with van der Waals surface area (Å²) < 4.78 is 2.45. The molecule has 0 saturated carbocycles. The monoisotopic (exact) mass is 409 g/mol. The number of carbonyl (C=O) groups is 1. The van der Waals surface area contributed by atoms with Gasteiger partial charge < -0.3 is 20.3 Å². The minimum Gasteiger partial charge on any atom is -0.426 e. The smallest absolute Gasteiger partial charge is 0.426 e. The molecule has 29 heavy (non-hydrogen) atoms. The van der Waals surface area contributed by atoms with Crippen LogP contribution >= 0.6 is 11.3 Å². The normalized spacial score (nSPS) is 12.3. The summed E-state index contributed by atoms with van der Waals surface area (Å²) in [6.07, 6.45) is 2.15. The summed E-state index contributed by atoms with van der Waals surface area (Å²) in [6.45, 7) is 0.232.